The van der Waals surface area contributed by atoms with E-state index in [4.69, 9.17) is 9.72 Å². The lowest BCUT2D eigenvalue weighted by molar-refractivity contribution is 0.0562. The summed E-state index contributed by atoms with van der Waals surface area (Å²) in [7, 11) is 3.07. The molecule has 3 heterocycles. The van der Waals surface area contributed by atoms with Gasteiger partial charge in [-0.25, -0.2) is 4.39 Å². The molecule has 2 atom stereocenters. The highest BCUT2D eigenvalue weighted by molar-refractivity contribution is 6.11. The molecular weight excluding hydrogens is 483 g/mol. The second-order valence-corrected chi connectivity index (χ2v) is 12.3. The van der Waals surface area contributed by atoms with Gasteiger partial charge in [0.2, 0.25) is 0 Å². The summed E-state index contributed by atoms with van der Waals surface area (Å²) < 4.78 is 19.9. The summed E-state index contributed by atoms with van der Waals surface area (Å²) >= 11 is 0. The molecule has 3 fully saturated rings. The van der Waals surface area contributed by atoms with Crippen molar-refractivity contribution in [2.45, 2.75) is 56.6 Å². The van der Waals surface area contributed by atoms with Crippen LogP contribution in [0.1, 0.15) is 46.4 Å². The third-order valence-electron chi connectivity index (χ3n) is 8.41. The average Bonchev–Trinajstić information content (AvgIpc) is 3.61. The van der Waals surface area contributed by atoms with Gasteiger partial charge in [-0.15, -0.1) is 0 Å². The zero-order valence-electron chi connectivity index (χ0n) is 22.1. The lowest BCUT2D eigenvalue weighted by Gasteiger charge is -2.41. The van der Waals surface area contributed by atoms with E-state index in [1.165, 1.54) is 0 Å². The van der Waals surface area contributed by atoms with Crippen LogP contribution in [0.4, 0.5) is 10.1 Å². The fourth-order valence-electron chi connectivity index (χ4n) is 5.75. The number of hydrogen-bond acceptors (Lipinski definition) is 5. The summed E-state index contributed by atoms with van der Waals surface area (Å²) in [6.07, 6.45) is 2.11. The van der Waals surface area contributed by atoms with E-state index in [0.29, 0.717) is 24.7 Å². The standard InChI is InChI=1S/C29H35FN4O2Si/c1-17-4-6-21(36-28(37)26-8-11-33(26)3)14-23(17)27(35)32-29(9-10-29)24-12-20(34-15-19(30)16-34)13-25-22(24)7-5-18(2)31-25/h4-7,12-14,19,26,28H,8-11,15-16H2,1-3,37H3,(H,32,35)/t26-,28?/m0/s1. The van der Waals surface area contributed by atoms with Gasteiger partial charge in [0.25, 0.3) is 5.91 Å². The molecular formula is C29H35FN4O2Si. The van der Waals surface area contributed by atoms with Crippen LogP contribution >= 0.6 is 0 Å². The van der Waals surface area contributed by atoms with Crippen LogP contribution in [0.5, 0.6) is 5.75 Å². The molecule has 1 aliphatic carbocycles. The number of carbonyl (C=O) groups excluding carboxylic acids is 1. The van der Waals surface area contributed by atoms with E-state index < -0.39 is 11.7 Å². The Balaban J connectivity index is 1.28. The number of nitrogens with zero attached hydrogens (tertiary/aromatic N) is 3. The highest BCUT2D eigenvalue weighted by atomic mass is 28.1. The predicted octanol–water partition coefficient (Wildman–Crippen LogP) is 3.20. The van der Waals surface area contributed by atoms with E-state index in [1.807, 2.05) is 49.1 Å². The number of nitrogens with one attached hydrogen (secondary N) is 1. The molecule has 1 aromatic heterocycles. The maximum atomic E-state index is 13.7. The smallest absolute Gasteiger partial charge is 0.252 e. The number of benzene rings is 2. The summed E-state index contributed by atoms with van der Waals surface area (Å²) in [5.74, 6) is 0.670. The number of alkyl halides is 1. The molecule has 1 unspecified atom stereocenters. The maximum Gasteiger partial charge on any atom is 0.252 e. The average molecular weight is 519 g/mol. The van der Waals surface area contributed by atoms with Crippen molar-refractivity contribution in [1.82, 2.24) is 15.2 Å². The minimum Gasteiger partial charge on any atom is -0.494 e. The number of ether oxygens (including phenoxy) is 1. The summed E-state index contributed by atoms with van der Waals surface area (Å²) in [4.78, 5) is 22.8. The first-order chi connectivity index (χ1) is 17.7. The number of rotatable bonds is 7. The van der Waals surface area contributed by atoms with Crippen LogP contribution in [-0.2, 0) is 5.54 Å². The number of amides is 1. The van der Waals surface area contributed by atoms with Crippen LogP contribution in [0, 0.1) is 13.8 Å². The van der Waals surface area contributed by atoms with Crippen molar-refractivity contribution in [1.29, 1.82) is 0 Å². The van der Waals surface area contributed by atoms with Gasteiger partial charge in [0.05, 0.1) is 40.1 Å². The Labute approximate surface area is 220 Å². The SMILES string of the molecule is Cc1ccc2c(C3(NC(=O)c4cc(OC([SiH3])[C@@H]5CCN5C)ccc4C)CC3)cc(N3CC(F)C3)cc2n1. The van der Waals surface area contributed by atoms with Crippen LogP contribution in [0.3, 0.4) is 0 Å². The summed E-state index contributed by atoms with van der Waals surface area (Å²) in [5, 5.41) is 4.42. The number of pyridine rings is 1. The first-order valence-corrected chi connectivity index (χ1v) is 14.5. The minimum atomic E-state index is -0.785. The molecule has 1 amide bonds. The molecule has 2 saturated heterocycles. The highest BCUT2D eigenvalue weighted by Gasteiger charge is 2.47. The third-order valence-corrected chi connectivity index (χ3v) is 9.42. The molecule has 0 spiro atoms. The second-order valence-electron chi connectivity index (χ2n) is 11.2. The van der Waals surface area contributed by atoms with E-state index >= 15 is 0 Å². The monoisotopic (exact) mass is 518 g/mol. The number of carbonyl (C=O) groups is 1. The van der Waals surface area contributed by atoms with Crippen LogP contribution in [0.25, 0.3) is 10.9 Å². The molecule has 1 saturated carbocycles. The van der Waals surface area contributed by atoms with Crippen LogP contribution in [0.2, 0.25) is 0 Å². The predicted molar refractivity (Wildman–Crippen MR) is 149 cm³/mol. The van der Waals surface area contributed by atoms with Crippen molar-refractivity contribution in [2.24, 2.45) is 0 Å². The van der Waals surface area contributed by atoms with E-state index in [2.05, 4.69) is 29.4 Å². The molecule has 3 aromatic rings. The number of aromatic nitrogens is 1. The molecule has 6 rings (SSSR count). The Morgan fingerprint density at radius 1 is 1.19 bits per heavy atom. The lowest BCUT2D eigenvalue weighted by atomic mass is 9.96. The van der Waals surface area contributed by atoms with Gasteiger partial charge in [0, 0.05) is 28.4 Å². The normalized spacial score (nSPS) is 21.8. The van der Waals surface area contributed by atoms with Crippen LogP contribution in [-0.4, -0.2) is 70.7 Å². The van der Waals surface area contributed by atoms with Gasteiger partial charge >= 0.3 is 0 Å². The molecule has 0 bridgehead atoms. The highest BCUT2D eigenvalue weighted by Crippen LogP contribution is 2.49. The fraction of sp³-hybridized carbons (Fsp3) is 0.448. The third kappa shape index (κ3) is 4.50. The van der Waals surface area contributed by atoms with Gasteiger partial charge in [-0.1, -0.05) is 12.1 Å². The first-order valence-electron chi connectivity index (χ1n) is 13.3. The number of anilines is 1. The number of likely N-dealkylation sites (tertiary alicyclic amines) is 1. The Kier molecular flexibility index (Phi) is 5.99. The molecule has 2 aliphatic heterocycles. The fourth-order valence-corrected chi connectivity index (χ4v) is 6.86. The Morgan fingerprint density at radius 2 is 1.97 bits per heavy atom. The van der Waals surface area contributed by atoms with Crippen molar-refractivity contribution >= 4 is 32.7 Å². The molecule has 6 nitrogen and oxygen atoms in total. The number of halogens is 1. The number of fused-ring (bicyclic) bond motifs is 1. The molecule has 2 aromatic carbocycles. The van der Waals surface area contributed by atoms with Crippen molar-refractivity contribution < 1.29 is 13.9 Å². The quantitative estimate of drug-likeness (QED) is 0.487. The van der Waals surface area contributed by atoms with E-state index in [-0.39, 0.29) is 11.6 Å². The Morgan fingerprint density at radius 3 is 2.62 bits per heavy atom. The Bertz CT molecular complexity index is 1370. The van der Waals surface area contributed by atoms with Crippen LogP contribution in [0.15, 0.2) is 42.5 Å². The zero-order chi connectivity index (χ0) is 25.9. The number of aryl methyl sites for hydroxylation is 2. The summed E-state index contributed by atoms with van der Waals surface area (Å²) in [6, 6.07) is 14.6. The lowest BCUT2D eigenvalue weighted by Crippen LogP contribution is -2.53. The minimum absolute atomic E-state index is 0.0856. The first kappa shape index (κ1) is 24.4. The molecule has 3 aliphatic rings. The van der Waals surface area contributed by atoms with Gasteiger partial charge in [0.15, 0.2) is 0 Å². The summed E-state index contributed by atoms with van der Waals surface area (Å²) in [6.45, 7) is 5.87. The van der Waals surface area contributed by atoms with Gasteiger partial charge in [-0.2, -0.15) is 0 Å². The van der Waals surface area contributed by atoms with Gasteiger partial charge < -0.3 is 19.9 Å². The Hall–Kier alpha value is -2.97. The van der Waals surface area contributed by atoms with Crippen molar-refractivity contribution in [2.75, 3.05) is 31.6 Å². The van der Waals surface area contributed by atoms with E-state index in [0.717, 1.165) is 75.2 Å². The molecule has 1 N–H and O–H groups in total. The van der Waals surface area contributed by atoms with Crippen molar-refractivity contribution in [3.63, 3.8) is 0 Å². The maximum absolute atomic E-state index is 13.7. The number of hydrogen-bond donors (Lipinski definition) is 1. The molecule has 8 heteroatoms. The van der Waals surface area contributed by atoms with E-state index in [9.17, 15) is 9.18 Å². The molecule has 194 valence electrons. The van der Waals surface area contributed by atoms with Crippen molar-refractivity contribution in [3.05, 3.63) is 64.8 Å². The van der Waals surface area contributed by atoms with Crippen molar-refractivity contribution in [3.8, 4) is 5.75 Å². The molecule has 0 radical (unpaired) electrons. The summed E-state index contributed by atoms with van der Waals surface area (Å²) in [5.41, 5.74) is 5.20. The van der Waals surface area contributed by atoms with Gasteiger partial charge in [0.1, 0.15) is 11.9 Å². The van der Waals surface area contributed by atoms with E-state index in [1.54, 1.807) is 0 Å². The van der Waals surface area contributed by atoms with Crippen LogP contribution < -0.4 is 15.0 Å². The van der Waals surface area contributed by atoms with Gasteiger partial charge in [-0.05, 0) is 88.2 Å². The zero-order valence-corrected chi connectivity index (χ0v) is 24.1. The second kappa shape index (κ2) is 9.10. The van der Waals surface area contributed by atoms with Gasteiger partial charge in [-0.3, -0.25) is 9.78 Å². The number of likely N-dealkylation sites (N-methyl/N-ethyl adjacent to an activating group) is 1. The topological polar surface area (TPSA) is 57.7 Å². The largest absolute Gasteiger partial charge is 0.494 e. The molecule has 37 heavy (non-hydrogen) atoms.